The first kappa shape index (κ1) is 17.8. The van der Waals surface area contributed by atoms with E-state index >= 15 is 0 Å². The molecule has 18 heavy (non-hydrogen) atoms. The lowest BCUT2D eigenvalue weighted by Crippen LogP contribution is -2.28. The third-order valence-electron chi connectivity index (χ3n) is 3.29. The quantitative estimate of drug-likeness (QED) is 0.480. The van der Waals surface area contributed by atoms with Gasteiger partial charge in [-0.2, -0.15) is 0 Å². The smallest absolute Gasteiger partial charge is 0.000959 e. The van der Waals surface area contributed by atoms with E-state index < -0.39 is 0 Å². The van der Waals surface area contributed by atoms with Crippen LogP contribution in [0.3, 0.4) is 0 Å². The predicted molar refractivity (Wildman–Crippen MR) is 81.3 cm³/mol. The number of rotatable bonds is 13. The van der Waals surface area contributed by atoms with Crippen molar-refractivity contribution in [3.63, 3.8) is 0 Å². The lowest BCUT2D eigenvalue weighted by atomic mass is 10.3. The van der Waals surface area contributed by atoms with Crippen LogP contribution >= 0.6 is 0 Å². The van der Waals surface area contributed by atoms with Gasteiger partial charge in [0, 0.05) is 0 Å². The van der Waals surface area contributed by atoms with Crippen molar-refractivity contribution in [3.8, 4) is 0 Å². The standard InChI is InChI=1S/C14H34N4/c1-5-17(3)13-8-14-18(4)12-7-11-16-10-6-9-15-2/h15-16H,5-14H2,1-4H3. The zero-order valence-electron chi connectivity index (χ0n) is 13.0. The Bertz CT molecular complexity index is 164. The summed E-state index contributed by atoms with van der Waals surface area (Å²) < 4.78 is 0. The van der Waals surface area contributed by atoms with Gasteiger partial charge in [0.1, 0.15) is 0 Å². The van der Waals surface area contributed by atoms with Crippen molar-refractivity contribution in [3.05, 3.63) is 0 Å². The molecule has 0 aliphatic rings. The highest BCUT2D eigenvalue weighted by atomic mass is 15.1. The molecule has 0 unspecified atom stereocenters. The Hall–Kier alpha value is -0.160. The third kappa shape index (κ3) is 12.3. The Labute approximate surface area is 114 Å². The van der Waals surface area contributed by atoms with Crippen LogP contribution in [0.15, 0.2) is 0 Å². The van der Waals surface area contributed by atoms with E-state index in [9.17, 15) is 0 Å². The molecular formula is C14H34N4. The Morgan fingerprint density at radius 2 is 1.39 bits per heavy atom. The van der Waals surface area contributed by atoms with Gasteiger partial charge in [0.05, 0.1) is 0 Å². The highest BCUT2D eigenvalue weighted by molar-refractivity contribution is 4.57. The minimum absolute atomic E-state index is 1.11. The molecule has 110 valence electrons. The van der Waals surface area contributed by atoms with Crippen LogP contribution in [0.1, 0.15) is 26.2 Å². The fraction of sp³-hybridized carbons (Fsp3) is 1.00. The van der Waals surface area contributed by atoms with Gasteiger partial charge in [-0.3, -0.25) is 0 Å². The normalized spacial score (nSPS) is 11.7. The predicted octanol–water partition coefficient (Wildman–Crippen LogP) is 0.849. The summed E-state index contributed by atoms with van der Waals surface area (Å²) in [6.45, 7) is 10.4. The van der Waals surface area contributed by atoms with Gasteiger partial charge in [0.25, 0.3) is 0 Å². The molecule has 0 heterocycles. The topological polar surface area (TPSA) is 30.5 Å². The lowest BCUT2D eigenvalue weighted by molar-refractivity contribution is 0.282. The van der Waals surface area contributed by atoms with E-state index in [1.807, 2.05) is 7.05 Å². The van der Waals surface area contributed by atoms with Crippen molar-refractivity contribution in [2.45, 2.75) is 26.2 Å². The molecule has 0 bridgehead atoms. The highest BCUT2D eigenvalue weighted by Gasteiger charge is 1.99. The van der Waals surface area contributed by atoms with E-state index in [4.69, 9.17) is 0 Å². The molecule has 0 saturated heterocycles. The maximum absolute atomic E-state index is 3.48. The number of nitrogens with one attached hydrogen (secondary N) is 2. The molecule has 0 fully saturated rings. The molecule has 4 heteroatoms. The second-order valence-corrected chi connectivity index (χ2v) is 5.11. The van der Waals surface area contributed by atoms with Gasteiger partial charge in [-0.15, -0.1) is 0 Å². The number of nitrogens with zero attached hydrogens (tertiary/aromatic N) is 2. The molecule has 0 atom stereocenters. The molecule has 0 aliphatic heterocycles. The molecule has 0 aromatic rings. The first-order valence-electron chi connectivity index (χ1n) is 7.43. The van der Waals surface area contributed by atoms with E-state index in [-0.39, 0.29) is 0 Å². The summed E-state index contributed by atoms with van der Waals surface area (Å²) in [5.74, 6) is 0. The summed E-state index contributed by atoms with van der Waals surface area (Å²) in [5.41, 5.74) is 0. The Morgan fingerprint density at radius 3 is 2.06 bits per heavy atom. The van der Waals surface area contributed by atoms with Crippen molar-refractivity contribution < 1.29 is 0 Å². The highest BCUT2D eigenvalue weighted by Crippen LogP contribution is 1.92. The van der Waals surface area contributed by atoms with Gasteiger partial charge in [0.2, 0.25) is 0 Å². The number of hydrogen-bond donors (Lipinski definition) is 2. The van der Waals surface area contributed by atoms with E-state index in [0.29, 0.717) is 0 Å². The molecule has 0 aromatic carbocycles. The Balaban J connectivity index is 3.19. The van der Waals surface area contributed by atoms with Crippen LogP contribution in [-0.2, 0) is 0 Å². The minimum atomic E-state index is 1.11. The SMILES string of the molecule is CCN(C)CCCN(C)CCCNCCCNC. The molecule has 0 spiro atoms. The molecule has 0 saturated carbocycles. The second-order valence-electron chi connectivity index (χ2n) is 5.11. The monoisotopic (exact) mass is 258 g/mol. The van der Waals surface area contributed by atoms with E-state index in [1.54, 1.807) is 0 Å². The lowest BCUT2D eigenvalue weighted by Gasteiger charge is -2.19. The fourth-order valence-electron chi connectivity index (χ4n) is 1.87. The third-order valence-corrected chi connectivity index (χ3v) is 3.29. The molecule has 0 amide bonds. The molecule has 0 rings (SSSR count). The van der Waals surface area contributed by atoms with E-state index in [1.165, 1.54) is 38.9 Å². The van der Waals surface area contributed by atoms with Gasteiger partial charge in [0.15, 0.2) is 0 Å². The van der Waals surface area contributed by atoms with Crippen LogP contribution in [0.5, 0.6) is 0 Å². The van der Waals surface area contributed by atoms with E-state index in [2.05, 4.69) is 41.5 Å². The van der Waals surface area contributed by atoms with Crippen LogP contribution in [0.25, 0.3) is 0 Å². The minimum Gasteiger partial charge on any atom is -0.320 e. The summed E-state index contributed by atoms with van der Waals surface area (Å²) >= 11 is 0. The van der Waals surface area contributed by atoms with Crippen molar-refractivity contribution in [2.24, 2.45) is 0 Å². The van der Waals surface area contributed by atoms with Gasteiger partial charge in [-0.05, 0) is 86.2 Å². The molecule has 0 aliphatic carbocycles. The fourth-order valence-corrected chi connectivity index (χ4v) is 1.87. The zero-order chi connectivity index (χ0) is 13.6. The Morgan fingerprint density at radius 1 is 0.778 bits per heavy atom. The van der Waals surface area contributed by atoms with Gasteiger partial charge in [-0.25, -0.2) is 0 Å². The maximum Gasteiger partial charge on any atom is -0.000959 e. The van der Waals surface area contributed by atoms with Crippen LogP contribution in [0.4, 0.5) is 0 Å². The summed E-state index contributed by atoms with van der Waals surface area (Å²) in [6, 6.07) is 0. The average Bonchev–Trinajstić information content (AvgIpc) is 2.37. The summed E-state index contributed by atoms with van der Waals surface area (Å²) in [4.78, 5) is 4.82. The molecule has 4 nitrogen and oxygen atoms in total. The first-order chi connectivity index (χ1) is 8.70. The largest absolute Gasteiger partial charge is 0.320 e. The summed E-state index contributed by atoms with van der Waals surface area (Å²) in [7, 11) is 6.42. The average molecular weight is 258 g/mol. The van der Waals surface area contributed by atoms with Gasteiger partial charge >= 0.3 is 0 Å². The first-order valence-corrected chi connectivity index (χ1v) is 7.43. The van der Waals surface area contributed by atoms with Crippen molar-refractivity contribution in [1.82, 2.24) is 20.4 Å². The van der Waals surface area contributed by atoms with Crippen molar-refractivity contribution >= 4 is 0 Å². The molecule has 0 aromatic heterocycles. The zero-order valence-corrected chi connectivity index (χ0v) is 13.0. The molecule has 2 N–H and O–H groups in total. The van der Waals surface area contributed by atoms with E-state index in [0.717, 1.165) is 26.2 Å². The molecule has 0 radical (unpaired) electrons. The van der Waals surface area contributed by atoms with Crippen molar-refractivity contribution in [2.75, 3.05) is 67.0 Å². The van der Waals surface area contributed by atoms with Crippen LogP contribution in [0, 0.1) is 0 Å². The van der Waals surface area contributed by atoms with Crippen LogP contribution < -0.4 is 10.6 Å². The second kappa shape index (κ2) is 13.3. The Kier molecular flexibility index (Phi) is 13.2. The summed E-state index contributed by atoms with van der Waals surface area (Å²) in [6.07, 6.45) is 3.74. The van der Waals surface area contributed by atoms with Crippen molar-refractivity contribution in [1.29, 1.82) is 0 Å². The van der Waals surface area contributed by atoms with Gasteiger partial charge in [-0.1, -0.05) is 6.92 Å². The maximum atomic E-state index is 3.48. The van der Waals surface area contributed by atoms with Crippen LogP contribution in [-0.4, -0.2) is 76.8 Å². The number of hydrogen-bond acceptors (Lipinski definition) is 4. The van der Waals surface area contributed by atoms with Crippen LogP contribution in [0.2, 0.25) is 0 Å². The van der Waals surface area contributed by atoms with Gasteiger partial charge < -0.3 is 20.4 Å². The molecular weight excluding hydrogens is 224 g/mol. The summed E-state index contributed by atoms with van der Waals surface area (Å²) in [5, 5.41) is 6.65.